The fraction of sp³-hybridized carbons (Fsp3) is 0.200. The molecule has 3 aromatic rings. The van der Waals surface area contributed by atoms with E-state index in [0.29, 0.717) is 7.36 Å². The van der Waals surface area contributed by atoms with Crippen LogP contribution in [0.5, 0.6) is 0 Å². The molecular formula is C25H24NO4PS3. The van der Waals surface area contributed by atoms with Crippen LogP contribution in [0.2, 0.25) is 0 Å². The van der Waals surface area contributed by atoms with Crippen LogP contribution >= 0.6 is 30.9 Å². The minimum absolute atomic E-state index is 0.0788. The standard InChI is InChI=1S/C25H24NO4PS3/c1-2-29-23(27)18-26(24(28)30-19-20-12-6-3-7-13-20)25(31-32,33-21-14-8-4-9-15-21)34-22-16-10-5-11-17-22/h3-17H,2,18-19H2,1H3. The number of hydrogen-bond acceptors (Lipinski definition) is 7. The van der Waals surface area contributed by atoms with E-state index >= 15 is 0 Å². The van der Waals surface area contributed by atoms with Crippen molar-refractivity contribution in [1.29, 1.82) is 0 Å². The molecule has 0 unspecified atom stereocenters. The van der Waals surface area contributed by atoms with Crippen molar-refractivity contribution in [2.45, 2.75) is 27.3 Å². The highest BCUT2D eigenvalue weighted by Gasteiger charge is 2.44. The van der Waals surface area contributed by atoms with Gasteiger partial charge in [-0.3, -0.25) is 9.69 Å². The molecule has 1 amide bonds. The Morgan fingerprint density at radius 2 is 1.35 bits per heavy atom. The summed E-state index contributed by atoms with van der Waals surface area (Å²) < 4.78 is 9.78. The molecule has 0 N–H and O–H groups in total. The first-order valence-electron chi connectivity index (χ1n) is 10.5. The lowest BCUT2D eigenvalue weighted by molar-refractivity contribution is -0.144. The number of rotatable bonds is 11. The first-order chi connectivity index (χ1) is 16.6. The Hall–Kier alpha value is -2.38. The summed E-state index contributed by atoms with van der Waals surface area (Å²) in [5.41, 5.74) is 0.847. The molecule has 176 valence electrons. The van der Waals surface area contributed by atoms with Gasteiger partial charge in [0.15, 0.2) is 0 Å². The van der Waals surface area contributed by atoms with E-state index in [-0.39, 0.29) is 19.8 Å². The maximum absolute atomic E-state index is 13.5. The van der Waals surface area contributed by atoms with E-state index in [2.05, 4.69) is 0 Å². The Labute approximate surface area is 215 Å². The molecule has 5 nitrogen and oxygen atoms in total. The second-order valence-corrected chi connectivity index (χ2v) is 11.7. The van der Waals surface area contributed by atoms with Gasteiger partial charge in [-0.25, -0.2) is 4.79 Å². The van der Waals surface area contributed by atoms with Crippen molar-refractivity contribution in [3.05, 3.63) is 96.6 Å². The van der Waals surface area contributed by atoms with E-state index in [1.807, 2.05) is 91.0 Å². The number of benzene rings is 3. The maximum Gasteiger partial charge on any atom is 0.413 e. The highest BCUT2D eigenvalue weighted by Crippen LogP contribution is 2.55. The summed E-state index contributed by atoms with van der Waals surface area (Å²) in [6.07, 6.45) is -0.638. The van der Waals surface area contributed by atoms with Gasteiger partial charge in [0.1, 0.15) is 13.2 Å². The van der Waals surface area contributed by atoms with Gasteiger partial charge < -0.3 is 9.47 Å². The molecule has 3 aromatic carbocycles. The fourth-order valence-electron chi connectivity index (χ4n) is 2.91. The first-order valence-corrected chi connectivity index (χ1v) is 14.1. The van der Waals surface area contributed by atoms with Gasteiger partial charge in [0.25, 0.3) is 0 Å². The quantitative estimate of drug-likeness (QED) is 0.117. The van der Waals surface area contributed by atoms with Crippen LogP contribution in [0.25, 0.3) is 0 Å². The van der Waals surface area contributed by atoms with Crippen molar-refractivity contribution in [3.8, 4) is 0 Å². The van der Waals surface area contributed by atoms with Crippen LogP contribution in [0.4, 0.5) is 4.79 Å². The molecule has 0 aliphatic heterocycles. The van der Waals surface area contributed by atoms with E-state index in [1.165, 1.54) is 28.4 Å². The third-order valence-electron chi connectivity index (χ3n) is 4.46. The molecule has 34 heavy (non-hydrogen) atoms. The number of nitrogens with zero attached hydrogens (tertiary/aromatic N) is 1. The number of carbonyl (C=O) groups is 2. The number of ether oxygens (including phenoxy) is 2. The van der Waals surface area contributed by atoms with Crippen molar-refractivity contribution in [2.24, 2.45) is 0 Å². The zero-order valence-electron chi connectivity index (χ0n) is 18.5. The molecule has 0 spiro atoms. The van der Waals surface area contributed by atoms with Gasteiger partial charge in [0, 0.05) is 17.1 Å². The molecule has 0 saturated heterocycles. The third-order valence-corrected chi connectivity index (χ3v) is 10.0. The van der Waals surface area contributed by atoms with E-state index in [4.69, 9.17) is 21.3 Å². The van der Waals surface area contributed by atoms with Crippen LogP contribution in [0.15, 0.2) is 101 Å². The average Bonchev–Trinajstić information content (AvgIpc) is 2.87. The largest absolute Gasteiger partial charge is 0.465 e. The van der Waals surface area contributed by atoms with Crippen molar-refractivity contribution >= 4 is 54.7 Å². The molecule has 0 radical (unpaired) electrons. The minimum Gasteiger partial charge on any atom is -0.465 e. The molecule has 0 fully saturated rings. The molecule has 0 atom stereocenters. The van der Waals surface area contributed by atoms with E-state index < -0.39 is 16.0 Å². The first kappa shape index (κ1) is 26.2. The monoisotopic (exact) mass is 529 g/mol. The summed E-state index contributed by atoms with van der Waals surface area (Å²) in [7, 11) is 0.447. The molecule has 0 aliphatic rings. The second kappa shape index (κ2) is 13.5. The normalized spacial score (nSPS) is 11.1. The highest BCUT2D eigenvalue weighted by atomic mass is 32.4. The van der Waals surface area contributed by atoms with Crippen molar-refractivity contribution in [2.75, 3.05) is 13.2 Å². The number of thioether (sulfide) groups is 2. The van der Waals surface area contributed by atoms with E-state index in [1.54, 1.807) is 6.92 Å². The maximum atomic E-state index is 13.5. The Kier molecular flexibility index (Phi) is 10.4. The summed E-state index contributed by atoms with van der Waals surface area (Å²) in [4.78, 5) is 29.2. The average molecular weight is 530 g/mol. The van der Waals surface area contributed by atoms with Gasteiger partial charge in [0.2, 0.25) is 3.94 Å². The minimum atomic E-state index is -1.06. The topological polar surface area (TPSA) is 55.8 Å². The zero-order chi connectivity index (χ0) is 24.2. The van der Waals surface area contributed by atoms with E-state index in [9.17, 15) is 9.59 Å². The lowest BCUT2D eigenvalue weighted by Gasteiger charge is -2.37. The number of carbonyl (C=O) groups excluding carboxylic acids is 2. The highest BCUT2D eigenvalue weighted by molar-refractivity contribution is 8.27. The van der Waals surface area contributed by atoms with Gasteiger partial charge in [-0.1, -0.05) is 102 Å². The summed E-state index contributed by atoms with van der Waals surface area (Å²) in [6.45, 7) is 1.73. The Balaban J connectivity index is 1.98. The Morgan fingerprint density at radius 3 is 1.82 bits per heavy atom. The lowest BCUT2D eigenvalue weighted by Crippen LogP contribution is -2.47. The van der Waals surface area contributed by atoms with Gasteiger partial charge in [0.05, 0.1) is 6.61 Å². The molecule has 3 rings (SSSR count). The molecule has 0 heterocycles. The summed E-state index contributed by atoms with van der Waals surface area (Å²) in [5.74, 6) is -0.524. The van der Waals surface area contributed by atoms with Crippen molar-refractivity contribution < 1.29 is 19.1 Å². The Bertz CT molecular complexity index is 1030. The summed E-state index contributed by atoms with van der Waals surface area (Å²) in [5, 5.41) is 0. The molecule has 0 aliphatic carbocycles. The van der Waals surface area contributed by atoms with Crippen LogP contribution in [-0.2, 0) is 32.7 Å². The van der Waals surface area contributed by atoms with Crippen molar-refractivity contribution in [3.63, 3.8) is 0 Å². The number of esters is 1. The fourth-order valence-corrected chi connectivity index (χ4v) is 7.51. The molecule has 0 saturated carbocycles. The van der Waals surface area contributed by atoms with E-state index in [0.717, 1.165) is 15.4 Å². The predicted octanol–water partition coefficient (Wildman–Crippen LogP) is 6.79. The van der Waals surface area contributed by atoms with Gasteiger partial charge in [-0.15, -0.1) is 0 Å². The predicted molar refractivity (Wildman–Crippen MR) is 142 cm³/mol. The third kappa shape index (κ3) is 7.57. The lowest BCUT2D eigenvalue weighted by atomic mass is 10.2. The number of hydrogen-bond donors (Lipinski definition) is 0. The van der Waals surface area contributed by atoms with Gasteiger partial charge >= 0.3 is 12.1 Å². The summed E-state index contributed by atoms with van der Waals surface area (Å²) in [6, 6.07) is 28.7. The van der Waals surface area contributed by atoms with Gasteiger partial charge in [-0.05, 0) is 36.8 Å². The molecule has 0 aromatic heterocycles. The van der Waals surface area contributed by atoms with Crippen LogP contribution < -0.4 is 0 Å². The second-order valence-electron chi connectivity index (χ2n) is 6.90. The summed E-state index contributed by atoms with van der Waals surface area (Å²) >= 11 is 8.43. The molecule has 9 heteroatoms. The zero-order valence-corrected chi connectivity index (χ0v) is 21.9. The van der Waals surface area contributed by atoms with Crippen LogP contribution in [0.1, 0.15) is 12.5 Å². The smallest absolute Gasteiger partial charge is 0.413 e. The van der Waals surface area contributed by atoms with Crippen LogP contribution in [0.3, 0.4) is 0 Å². The molecular weight excluding hydrogens is 505 g/mol. The van der Waals surface area contributed by atoms with Crippen molar-refractivity contribution in [1.82, 2.24) is 4.90 Å². The Morgan fingerprint density at radius 1 is 0.853 bits per heavy atom. The SMILES string of the molecule is CCOC(=O)CN(C(=O)OCc1ccccc1)C(P=S)(Sc1ccccc1)Sc1ccccc1. The van der Waals surface area contributed by atoms with Crippen LogP contribution in [0, 0.1) is 0 Å². The van der Waals surface area contributed by atoms with Gasteiger partial charge in [-0.2, -0.15) is 0 Å². The molecule has 0 bridgehead atoms. The number of amides is 1. The van der Waals surface area contributed by atoms with Crippen LogP contribution in [-0.4, -0.2) is 34.1 Å².